The summed E-state index contributed by atoms with van der Waals surface area (Å²) in [5, 5.41) is 0. The molecule has 0 spiro atoms. The highest BCUT2D eigenvalue weighted by Crippen LogP contribution is 2.37. The van der Waals surface area contributed by atoms with Gasteiger partial charge in [0.25, 0.3) is 0 Å². The first kappa shape index (κ1) is 15.0. The van der Waals surface area contributed by atoms with Gasteiger partial charge in [-0.15, -0.1) is 0 Å². The van der Waals surface area contributed by atoms with Crippen LogP contribution in [0, 0.1) is 0 Å². The molecule has 0 amide bonds. The van der Waals surface area contributed by atoms with Crippen LogP contribution < -0.4 is 0 Å². The molecular weight excluding hydrogens is 278 g/mol. The fourth-order valence-electron chi connectivity index (χ4n) is 4.76. The first-order valence-corrected chi connectivity index (χ1v) is 9.20. The van der Waals surface area contributed by atoms with E-state index in [4.69, 9.17) is 0 Å². The number of piperidine rings is 1. The molecule has 1 fully saturated rings. The quantitative estimate of drug-likeness (QED) is 0.756. The van der Waals surface area contributed by atoms with Gasteiger partial charge in [-0.05, 0) is 67.3 Å². The summed E-state index contributed by atoms with van der Waals surface area (Å²) < 4.78 is 0. The van der Waals surface area contributed by atoms with Gasteiger partial charge in [0, 0.05) is 6.04 Å². The van der Waals surface area contributed by atoms with Crippen LogP contribution in [0.5, 0.6) is 0 Å². The first-order chi connectivity index (χ1) is 11.3. The molecule has 1 aliphatic heterocycles. The van der Waals surface area contributed by atoms with E-state index in [9.17, 15) is 0 Å². The molecule has 2 aromatic rings. The SMILES string of the molecule is CC1c2ccccc2CCC1N1CCC(c2ccccc2)CC1. The van der Waals surface area contributed by atoms with Crippen LogP contribution in [0.25, 0.3) is 0 Å². The monoisotopic (exact) mass is 305 g/mol. The molecular formula is C22H27N. The lowest BCUT2D eigenvalue weighted by atomic mass is 9.78. The Hall–Kier alpha value is -1.60. The van der Waals surface area contributed by atoms with Crippen LogP contribution in [0.3, 0.4) is 0 Å². The maximum Gasteiger partial charge on any atom is 0.0165 e. The molecule has 0 bridgehead atoms. The van der Waals surface area contributed by atoms with Crippen molar-refractivity contribution >= 4 is 0 Å². The van der Waals surface area contributed by atoms with Gasteiger partial charge in [-0.1, -0.05) is 61.5 Å². The van der Waals surface area contributed by atoms with E-state index in [0.29, 0.717) is 5.92 Å². The average molecular weight is 305 g/mol. The minimum Gasteiger partial charge on any atom is -0.300 e. The smallest absolute Gasteiger partial charge is 0.0165 e. The summed E-state index contributed by atoms with van der Waals surface area (Å²) in [5.41, 5.74) is 4.71. The largest absolute Gasteiger partial charge is 0.300 e. The molecule has 4 rings (SSSR count). The van der Waals surface area contributed by atoms with E-state index in [1.54, 1.807) is 11.1 Å². The molecule has 1 heteroatoms. The molecule has 2 unspecified atom stereocenters. The van der Waals surface area contributed by atoms with Crippen molar-refractivity contribution in [2.45, 2.75) is 50.5 Å². The van der Waals surface area contributed by atoms with Crippen LogP contribution >= 0.6 is 0 Å². The molecule has 0 saturated carbocycles. The molecule has 0 N–H and O–H groups in total. The number of hydrogen-bond acceptors (Lipinski definition) is 1. The normalized spacial score (nSPS) is 26.0. The lowest BCUT2D eigenvalue weighted by Gasteiger charge is -2.43. The molecule has 1 nitrogen and oxygen atoms in total. The minimum atomic E-state index is 0.674. The van der Waals surface area contributed by atoms with Gasteiger partial charge >= 0.3 is 0 Å². The molecule has 0 radical (unpaired) electrons. The van der Waals surface area contributed by atoms with Gasteiger partial charge in [0.05, 0.1) is 0 Å². The van der Waals surface area contributed by atoms with Gasteiger partial charge in [-0.2, -0.15) is 0 Å². The van der Waals surface area contributed by atoms with Crippen molar-refractivity contribution in [2.24, 2.45) is 0 Å². The second-order valence-corrected chi connectivity index (χ2v) is 7.31. The van der Waals surface area contributed by atoms with Crippen LogP contribution in [0.2, 0.25) is 0 Å². The zero-order valence-corrected chi connectivity index (χ0v) is 14.1. The Balaban J connectivity index is 1.43. The maximum atomic E-state index is 2.78. The topological polar surface area (TPSA) is 3.24 Å². The Morgan fingerprint density at radius 1 is 0.826 bits per heavy atom. The first-order valence-electron chi connectivity index (χ1n) is 9.20. The number of hydrogen-bond donors (Lipinski definition) is 0. The minimum absolute atomic E-state index is 0.674. The van der Waals surface area contributed by atoms with Crippen LogP contribution in [-0.4, -0.2) is 24.0 Å². The highest BCUT2D eigenvalue weighted by atomic mass is 15.2. The van der Waals surface area contributed by atoms with Crippen LogP contribution in [-0.2, 0) is 6.42 Å². The van der Waals surface area contributed by atoms with E-state index in [0.717, 1.165) is 12.0 Å². The zero-order chi connectivity index (χ0) is 15.6. The molecule has 2 atom stereocenters. The van der Waals surface area contributed by atoms with Gasteiger partial charge in [0.1, 0.15) is 0 Å². The predicted molar refractivity (Wildman–Crippen MR) is 97.0 cm³/mol. The van der Waals surface area contributed by atoms with Crippen molar-refractivity contribution in [1.82, 2.24) is 4.90 Å². The van der Waals surface area contributed by atoms with Gasteiger partial charge in [-0.25, -0.2) is 0 Å². The third kappa shape index (κ3) is 2.95. The number of aryl methyl sites for hydroxylation is 1. The Bertz CT molecular complexity index is 640. The van der Waals surface area contributed by atoms with Crippen molar-refractivity contribution in [3.05, 3.63) is 71.3 Å². The Morgan fingerprint density at radius 3 is 2.30 bits per heavy atom. The van der Waals surface area contributed by atoms with E-state index in [2.05, 4.69) is 66.4 Å². The van der Waals surface area contributed by atoms with E-state index in [-0.39, 0.29) is 0 Å². The van der Waals surface area contributed by atoms with E-state index >= 15 is 0 Å². The standard InChI is InChI=1S/C22H27N/c1-17-21-10-6-5-9-20(21)11-12-22(17)23-15-13-19(14-16-23)18-7-3-2-4-8-18/h2-10,17,19,22H,11-16H2,1H3. The third-order valence-electron chi connectivity index (χ3n) is 6.10. The molecule has 2 aromatic carbocycles. The summed E-state index contributed by atoms with van der Waals surface area (Å²) in [5.74, 6) is 1.44. The molecule has 1 aliphatic carbocycles. The van der Waals surface area contributed by atoms with E-state index < -0.39 is 0 Å². The highest BCUT2D eigenvalue weighted by molar-refractivity contribution is 5.34. The Labute approximate surface area is 140 Å². The highest BCUT2D eigenvalue weighted by Gasteiger charge is 2.32. The van der Waals surface area contributed by atoms with E-state index in [1.165, 1.54) is 44.3 Å². The Kier molecular flexibility index (Phi) is 4.22. The molecule has 120 valence electrons. The van der Waals surface area contributed by atoms with Gasteiger partial charge < -0.3 is 0 Å². The van der Waals surface area contributed by atoms with Gasteiger partial charge in [-0.3, -0.25) is 4.90 Å². The maximum absolute atomic E-state index is 2.78. The average Bonchev–Trinajstić information content (AvgIpc) is 2.63. The third-order valence-corrected chi connectivity index (χ3v) is 6.10. The predicted octanol–water partition coefficient (Wildman–Crippen LogP) is 4.98. The molecule has 0 aromatic heterocycles. The summed E-state index contributed by atoms with van der Waals surface area (Å²) in [6, 6.07) is 20.9. The second-order valence-electron chi connectivity index (χ2n) is 7.31. The second kappa shape index (κ2) is 6.49. The summed E-state index contributed by atoms with van der Waals surface area (Å²) >= 11 is 0. The fourth-order valence-corrected chi connectivity index (χ4v) is 4.76. The van der Waals surface area contributed by atoms with Crippen molar-refractivity contribution in [3.8, 4) is 0 Å². The molecule has 2 aliphatic rings. The van der Waals surface area contributed by atoms with Crippen LogP contribution in [0.1, 0.15) is 54.7 Å². The summed E-state index contributed by atoms with van der Waals surface area (Å²) in [6.45, 7) is 4.96. The van der Waals surface area contributed by atoms with Crippen molar-refractivity contribution < 1.29 is 0 Å². The van der Waals surface area contributed by atoms with Crippen molar-refractivity contribution in [2.75, 3.05) is 13.1 Å². The number of fused-ring (bicyclic) bond motifs is 1. The number of likely N-dealkylation sites (tertiary alicyclic amines) is 1. The number of benzene rings is 2. The number of nitrogens with zero attached hydrogens (tertiary/aromatic N) is 1. The van der Waals surface area contributed by atoms with Crippen molar-refractivity contribution in [3.63, 3.8) is 0 Å². The molecule has 1 saturated heterocycles. The number of rotatable bonds is 2. The van der Waals surface area contributed by atoms with E-state index in [1.807, 2.05) is 0 Å². The zero-order valence-electron chi connectivity index (χ0n) is 14.1. The van der Waals surface area contributed by atoms with Crippen molar-refractivity contribution in [1.29, 1.82) is 0 Å². The Morgan fingerprint density at radius 2 is 1.52 bits per heavy atom. The lowest BCUT2D eigenvalue weighted by molar-refractivity contribution is 0.123. The fraction of sp³-hybridized carbons (Fsp3) is 0.455. The summed E-state index contributed by atoms with van der Waals surface area (Å²) in [7, 11) is 0. The van der Waals surface area contributed by atoms with Gasteiger partial charge in [0.15, 0.2) is 0 Å². The van der Waals surface area contributed by atoms with Crippen LogP contribution in [0.4, 0.5) is 0 Å². The summed E-state index contributed by atoms with van der Waals surface area (Å²) in [4.78, 5) is 2.78. The lowest BCUT2D eigenvalue weighted by Crippen LogP contribution is -2.45. The van der Waals surface area contributed by atoms with Crippen LogP contribution in [0.15, 0.2) is 54.6 Å². The molecule has 1 heterocycles. The molecule has 23 heavy (non-hydrogen) atoms. The summed E-state index contributed by atoms with van der Waals surface area (Å²) in [6.07, 6.45) is 5.21. The van der Waals surface area contributed by atoms with Gasteiger partial charge in [0.2, 0.25) is 0 Å².